The molecule has 19 heavy (non-hydrogen) atoms. The molecule has 1 aromatic carbocycles. The maximum absolute atomic E-state index is 3.57. The SMILES string of the molecule is Cc1cc(C)c(-c2ccc(C[N+](C)(C)C)[nH]2)c(C)c1. The van der Waals surface area contributed by atoms with Crippen molar-refractivity contribution in [2.75, 3.05) is 21.1 Å². The second kappa shape index (κ2) is 4.86. The van der Waals surface area contributed by atoms with Crippen LogP contribution in [0.5, 0.6) is 0 Å². The average Bonchev–Trinajstić information content (AvgIpc) is 2.61. The van der Waals surface area contributed by atoms with Gasteiger partial charge in [-0.3, -0.25) is 0 Å². The van der Waals surface area contributed by atoms with E-state index in [4.69, 9.17) is 0 Å². The van der Waals surface area contributed by atoms with Gasteiger partial charge in [0.25, 0.3) is 0 Å². The van der Waals surface area contributed by atoms with Gasteiger partial charge in [-0.2, -0.15) is 0 Å². The summed E-state index contributed by atoms with van der Waals surface area (Å²) >= 11 is 0. The van der Waals surface area contributed by atoms with Crippen LogP contribution in [-0.4, -0.2) is 30.6 Å². The van der Waals surface area contributed by atoms with Gasteiger partial charge in [0.05, 0.1) is 26.8 Å². The van der Waals surface area contributed by atoms with E-state index in [2.05, 4.69) is 71.2 Å². The van der Waals surface area contributed by atoms with E-state index in [-0.39, 0.29) is 0 Å². The fourth-order valence-corrected chi connectivity index (χ4v) is 2.79. The van der Waals surface area contributed by atoms with Crippen molar-refractivity contribution >= 4 is 0 Å². The number of aryl methyl sites for hydroxylation is 3. The molecule has 2 rings (SSSR count). The summed E-state index contributed by atoms with van der Waals surface area (Å²) in [6.07, 6.45) is 0. The lowest BCUT2D eigenvalue weighted by Crippen LogP contribution is -2.33. The number of nitrogens with one attached hydrogen (secondary N) is 1. The van der Waals surface area contributed by atoms with E-state index in [0.717, 1.165) is 11.0 Å². The molecule has 0 amide bonds. The molecule has 1 N–H and O–H groups in total. The highest BCUT2D eigenvalue weighted by molar-refractivity contribution is 5.68. The first-order valence-corrected chi connectivity index (χ1v) is 6.83. The normalized spacial score (nSPS) is 11.9. The van der Waals surface area contributed by atoms with Crippen LogP contribution in [0, 0.1) is 20.8 Å². The maximum atomic E-state index is 3.57. The van der Waals surface area contributed by atoms with Crippen LogP contribution in [-0.2, 0) is 6.54 Å². The highest BCUT2D eigenvalue weighted by Gasteiger charge is 2.13. The first-order chi connectivity index (χ1) is 8.76. The average molecular weight is 257 g/mol. The summed E-state index contributed by atoms with van der Waals surface area (Å²) in [5.74, 6) is 0. The van der Waals surface area contributed by atoms with E-state index >= 15 is 0 Å². The van der Waals surface area contributed by atoms with Gasteiger partial charge in [-0.1, -0.05) is 17.7 Å². The van der Waals surface area contributed by atoms with Crippen LogP contribution >= 0.6 is 0 Å². The van der Waals surface area contributed by atoms with Gasteiger partial charge in [0.2, 0.25) is 0 Å². The molecule has 0 saturated heterocycles. The molecule has 2 nitrogen and oxygen atoms in total. The standard InChI is InChI=1S/C17H25N2/c1-12-9-13(2)17(14(3)10-12)16-8-7-15(18-16)11-19(4,5)6/h7-10,18H,11H2,1-6H3/q+1. The van der Waals surface area contributed by atoms with Gasteiger partial charge >= 0.3 is 0 Å². The summed E-state index contributed by atoms with van der Waals surface area (Å²) in [6.45, 7) is 7.55. The third-order valence-electron chi connectivity index (χ3n) is 3.34. The van der Waals surface area contributed by atoms with E-state index in [1.165, 1.54) is 33.6 Å². The molecule has 0 fully saturated rings. The second-order valence-electron chi connectivity index (χ2n) is 6.62. The molecule has 0 unspecified atom stereocenters. The summed E-state index contributed by atoms with van der Waals surface area (Å²) in [4.78, 5) is 3.57. The quantitative estimate of drug-likeness (QED) is 0.805. The predicted octanol–water partition coefficient (Wildman–Crippen LogP) is 3.81. The van der Waals surface area contributed by atoms with Crippen LogP contribution in [0.1, 0.15) is 22.4 Å². The first-order valence-electron chi connectivity index (χ1n) is 6.83. The number of benzene rings is 1. The van der Waals surface area contributed by atoms with Crippen molar-refractivity contribution in [3.8, 4) is 11.3 Å². The minimum absolute atomic E-state index is 0.936. The third kappa shape index (κ3) is 3.27. The second-order valence-corrected chi connectivity index (χ2v) is 6.62. The van der Waals surface area contributed by atoms with Crippen LogP contribution in [0.2, 0.25) is 0 Å². The lowest BCUT2D eigenvalue weighted by molar-refractivity contribution is -0.884. The van der Waals surface area contributed by atoms with Crippen molar-refractivity contribution < 1.29 is 4.48 Å². The van der Waals surface area contributed by atoms with Crippen molar-refractivity contribution in [3.63, 3.8) is 0 Å². The molecule has 1 heterocycles. The highest BCUT2D eigenvalue weighted by atomic mass is 15.3. The topological polar surface area (TPSA) is 15.8 Å². The van der Waals surface area contributed by atoms with Crippen LogP contribution in [0.4, 0.5) is 0 Å². The van der Waals surface area contributed by atoms with Gasteiger partial charge in [-0.25, -0.2) is 0 Å². The molecular weight excluding hydrogens is 232 g/mol. The Morgan fingerprint density at radius 2 is 1.53 bits per heavy atom. The van der Waals surface area contributed by atoms with Crippen LogP contribution < -0.4 is 0 Å². The summed E-state index contributed by atoms with van der Waals surface area (Å²) in [7, 11) is 6.63. The van der Waals surface area contributed by atoms with E-state index in [9.17, 15) is 0 Å². The molecule has 2 heteroatoms. The zero-order valence-corrected chi connectivity index (χ0v) is 13.0. The fraction of sp³-hybridized carbons (Fsp3) is 0.412. The van der Waals surface area contributed by atoms with Gasteiger partial charge < -0.3 is 9.47 Å². The lowest BCUT2D eigenvalue weighted by Gasteiger charge is -2.23. The molecule has 0 saturated carbocycles. The minimum Gasteiger partial charge on any atom is -0.354 e. The monoisotopic (exact) mass is 257 g/mol. The number of hydrogen-bond donors (Lipinski definition) is 1. The summed E-state index contributed by atoms with van der Waals surface area (Å²) < 4.78 is 0.936. The minimum atomic E-state index is 0.936. The van der Waals surface area contributed by atoms with E-state index in [1.54, 1.807) is 0 Å². The Morgan fingerprint density at radius 1 is 0.947 bits per heavy atom. The van der Waals surface area contributed by atoms with Gasteiger partial charge in [0.1, 0.15) is 6.54 Å². The Hall–Kier alpha value is -1.54. The highest BCUT2D eigenvalue weighted by Crippen LogP contribution is 2.28. The number of H-pyrrole nitrogens is 1. The molecule has 0 atom stereocenters. The van der Waals surface area contributed by atoms with Crippen molar-refractivity contribution in [2.24, 2.45) is 0 Å². The molecule has 0 radical (unpaired) electrons. The zero-order chi connectivity index (χ0) is 14.2. The summed E-state index contributed by atoms with van der Waals surface area (Å²) in [6, 6.07) is 8.92. The predicted molar refractivity (Wildman–Crippen MR) is 82.2 cm³/mol. The molecule has 0 spiro atoms. The molecule has 0 aliphatic heterocycles. The van der Waals surface area contributed by atoms with E-state index in [1.807, 2.05) is 0 Å². The van der Waals surface area contributed by atoms with Crippen LogP contribution in [0.3, 0.4) is 0 Å². The van der Waals surface area contributed by atoms with Crippen molar-refractivity contribution in [1.29, 1.82) is 0 Å². The fourth-order valence-electron chi connectivity index (χ4n) is 2.79. The Kier molecular flexibility index (Phi) is 3.55. The van der Waals surface area contributed by atoms with E-state index < -0.39 is 0 Å². The molecule has 2 aromatic rings. The smallest absolute Gasteiger partial charge is 0.119 e. The number of rotatable bonds is 3. The Morgan fingerprint density at radius 3 is 2.05 bits per heavy atom. The van der Waals surface area contributed by atoms with Crippen molar-refractivity contribution in [1.82, 2.24) is 4.98 Å². The zero-order valence-electron chi connectivity index (χ0n) is 13.0. The van der Waals surface area contributed by atoms with E-state index in [0.29, 0.717) is 0 Å². The van der Waals surface area contributed by atoms with Crippen molar-refractivity contribution in [3.05, 3.63) is 46.6 Å². The van der Waals surface area contributed by atoms with Gasteiger partial charge in [0.15, 0.2) is 0 Å². The van der Waals surface area contributed by atoms with Crippen LogP contribution in [0.15, 0.2) is 24.3 Å². The van der Waals surface area contributed by atoms with Gasteiger partial charge in [-0.05, 0) is 44.0 Å². The van der Waals surface area contributed by atoms with Gasteiger partial charge in [-0.15, -0.1) is 0 Å². The molecule has 0 bridgehead atoms. The first kappa shape index (κ1) is 13.9. The molecule has 0 aliphatic rings. The summed E-state index contributed by atoms with van der Waals surface area (Å²) in [5, 5.41) is 0. The molecule has 102 valence electrons. The number of aromatic amines is 1. The largest absolute Gasteiger partial charge is 0.354 e. The van der Waals surface area contributed by atoms with Gasteiger partial charge in [0, 0.05) is 11.3 Å². The number of hydrogen-bond acceptors (Lipinski definition) is 0. The number of quaternary nitrogens is 1. The number of aromatic nitrogens is 1. The lowest BCUT2D eigenvalue weighted by atomic mass is 9.98. The molecule has 0 aliphatic carbocycles. The molecule has 1 aromatic heterocycles. The Labute approximate surface area is 116 Å². The number of nitrogens with zero attached hydrogens (tertiary/aromatic N) is 1. The maximum Gasteiger partial charge on any atom is 0.119 e. The Balaban J connectivity index is 2.39. The third-order valence-corrected chi connectivity index (χ3v) is 3.34. The van der Waals surface area contributed by atoms with Crippen LogP contribution in [0.25, 0.3) is 11.3 Å². The van der Waals surface area contributed by atoms with Crippen molar-refractivity contribution in [2.45, 2.75) is 27.3 Å². The summed E-state index contributed by atoms with van der Waals surface area (Å²) in [5.41, 5.74) is 7.89. The molecular formula is C17H25N2+. The Bertz CT molecular complexity index is 563.